The first-order valence-corrected chi connectivity index (χ1v) is 5.27. The number of benzene rings is 1. The molecule has 0 heterocycles. The molecule has 0 spiro atoms. The minimum atomic E-state index is 0.0951. The molecule has 76 valence electrons. The van der Waals surface area contributed by atoms with Crippen molar-refractivity contribution in [1.29, 1.82) is 0 Å². The average Bonchev–Trinajstić information content (AvgIpc) is 2.36. The van der Waals surface area contributed by atoms with Crippen molar-refractivity contribution in [2.75, 3.05) is 0 Å². The van der Waals surface area contributed by atoms with Crippen LogP contribution in [0.25, 0.3) is 5.57 Å². The lowest BCUT2D eigenvalue weighted by Crippen LogP contribution is -2.14. The van der Waals surface area contributed by atoms with Crippen molar-refractivity contribution < 1.29 is 0 Å². The van der Waals surface area contributed by atoms with Gasteiger partial charge in [0.2, 0.25) is 0 Å². The molecule has 0 radical (unpaired) electrons. The summed E-state index contributed by atoms with van der Waals surface area (Å²) in [5, 5.41) is 0. The first kappa shape index (κ1) is 9.97. The molecule has 0 amide bonds. The van der Waals surface area contributed by atoms with E-state index in [0.29, 0.717) is 0 Å². The zero-order valence-electron chi connectivity index (χ0n) is 9.33. The highest BCUT2D eigenvalue weighted by molar-refractivity contribution is 5.78. The Hall–Kier alpha value is -1.56. The van der Waals surface area contributed by atoms with Crippen LogP contribution in [0, 0.1) is 0 Å². The third-order valence-corrected chi connectivity index (χ3v) is 2.94. The second-order valence-electron chi connectivity index (χ2n) is 4.45. The van der Waals surface area contributed by atoms with Gasteiger partial charge in [0, 0.05) is 5.41 Å². The molecule has 1 aromatic rings. The van der Waals surface area contributed by atoms with Gasteiger partial charge in [-0.1, -0.05) is 69.0 Å². The molecular formula is C15H16. The summed E-state index contributed by atoms with van der Waals surface area (Å²) >= 11 is 0. The van der Waals surface area contributed by atoms with Crippen LogP contribution in [0.15, 0.2) is 55.1 Å². The smallest absolute Gasteiger partial charge is 0.00845 e. The Balaban J connectivity index is 2.70. The summed E-state index contributed by atoms with van der Waals surface area (Å²) in [6.45, 7) is 8.35. The lowest BCUT2D eigenvalue weighted by molar-refractivity contribution is 0.669. The first-order valence-electron chi connectivity index (χ1n) is 5.27. The van der Waals surface area contributed by atoms with Gasteiger partial charge in [-0.3, -0.25) is 0 Å². The largest absolute Gasteiger partial charge is 0.0984 e. The Kier molecular flexibility index (Phi) is 2.36. The van der Waals surface area contributed by atoms with Gasteiger partial charge < -0.3 is 0 Å². The van der Waals surface area contributed by atoms with Crippen LogP contribution in [0.4, 0.5) is 0 Å². The summed E-state index contributed by atoms with van der Waals surface area (Å²) in [5.74, 6) is 0. The van der Waals surface area contributed by atoms with Crippen molar-refractivity contribution in [3.63, 3.8) is 0 Å². The van der Waals surface area contributed by atoms with E-state index in [2.05, 4.69) is 62.9 Å². The molecule has 2 rings (SSSR count). The summed E-state index contributed by atoms with van der Waals surface area (Å²) in [5.41, 5.74) is 3.96. The van der Waals surface area contributed by atoms with E-state index in [1.807, 2.05) is 6.08 Å². The van der Waals surface area contributed by atoms with Crippen LogP contribution >= 0.6 is 0 Å². The summed E-state index contributed by atoms with van der Waals surface area (Å²) < 4.78 is 0. The quantitative estimate of drug-likeness (QED) is 0.634. The van der Waals surface area contributed by atoms with Crippen molar-refractivity contribution in [2.45, 2.75) is 19.3 Å². The molecular weight excluding hydrogens is 180 g/mol. The molecule has 1 aromatic carbocycles. The third kappa shape index (κ3) is 1.68. The zero-order valence-corrected chi connectivity index (χ0v) is 9.33. The van der Waals surface area contributed by atoms with E-state index in [-0.39, 0.29) is 5.41 Å². The predicted octanol–water partition coefficient (Wildman–Crippen LogP) is 4.10. The molecule has 1 aliphatic rings. The lowest BCUT2D eigenvalue weighted by atomic mass is 9.81. The van der Waals surface area contributed by atoms with Crippen LogP contribution in [0.1, 0.15) is 25.0 Å². The minimum Gasteiger partial charge on any atom is -0.0984 e. The molecule has 0 unspecified atom stereocenters. The predicted molar refractivity (Wildman–Crippen MR) is 66.8 cm³/mol. The van der Waals surface area contributed by atoms with Gasteiger partial charge in [-0.15, -0.1) is 0 Å². The number of allylic oxidation sites excluding steroid dienone is 5. The van der Waals surface area contributed by atoms with Gasteiger partial charge in [-0.05, 0) is 16.7 Å². The fourth-order valence-electron chi connectivity index (χ4n) is 2.05. The summed E-state index contributed by atoms with van der Waals surface area (Å²) in [4.78, 5) is 0. The molecule has 15 heavy (non-hydrogen) atoms. The van der Waals surface area contributed by atoms with E-state index in [9.17, 15) is 0 Å². The molecule has 0 saturated heterocycles. The molecule has 0 aliphatic heterocycles. The molecule has 0 aromatic heterocycles. The van der Waals surface area contributed by atoms with E-state index in [1.165, 1.54) is 16.7 Å². The van der Waals surface area contributed by atoms with Crippen molar-refractivity contribution in [3.05, 3.63) is 66.3 Å². The normalized spacial score (nSPS) is 17.6. The summed E-state index contributed by atoms with van der Waals surface area (Å²) in [6, 6.07) is 8.54. The second-order valence-corrected chi connectivity index (χ2v) is 4.45. The Morgan fingerprint density at radius 3 is 2.67 bits per heavy atom. The van der Waals surface area contributed by atoms with Crippen LogP contribution in [-0.2, 0) is 5.41 Å². The van der Waals surface area contributed by atoms with E-state index in [1.54, 1.807) is 0 Å². The van der Waals surface area contributed by atoms with Gasteiger partial charge in [0.05, 0.1) is 0 Å². The third-order valence-electron chi connectivity index (χ3n) is 2.94. The van der Waals surface area contributed by atoms with Crippen LogP contribution in [0.5, 0.6) is 0 Å². The standard InChI is InChI=1S/C15H16/c1-4-12-8-7-11-15(2,3)14-10-6-5-9-13(12)14/h4-11H,1H2,2-3H3. The molecule has 0 atom stereocenters. The Labute approximate surface area is 91.6 Å². The van der Waals surface area contributed by atoms with E-state index in [0.717, 1.165) is 0 Å². The molecule has 1 aliphatic carbocycles. The topological polar surface area (TPSA) is 0 Å². The van der Waals surface area contributed by atoms with Gasteiger partial charge in [0.1, 0.15) is 0 Å². The highest BCUT2D eigenvalue weighted by Crippen LogP contribution is 2.34. The number of hydrogen-bond donors (Lipinski definition) is 0. The van der Waals surface area contributed by atoms with Crippen LogP contribution in [0.2, 0.25) is 0 Å². The molecule has 0 fully saturated rings. The molecule has 0 N–H and O–H groups in total. The maximum Gasteiger partial charge on any atom is 0.00845 e. The van der Waals surface area contributed by atoms with Crippen LogP contribution < -0.4 is 0 Å². The Morgan fingerprint density at radius 2 is 1.93 bits per heavy atom. The number of rotatable bonds is 1. The van der Waals surface area contributed by atoms with Gasteiger partial charge in [-0.2, -0.15) is 0 Å². The van der Waals surface area contributed by atoms with E-state index >= 15 is 0 Å². The van der Waals surface area contributed by atoms with E-state index < -0.39 is 0 Å². The Bertz CT molecular complexity index is 445. The van der Waals surface area contributed by atoms with Gasteiger partial charge in [0.15, 0.2) is 0 Å². The average molecular weight is 196 g/mol. The van der Waals surface area contributed by atoms with E-state index in [4.69, 9.17) is 0 Å². The maximum absolute atomic E-state index is 3.87. The number of fused-ring (bicyclic) bond motifs is 1. The van der Waals surface area contributed by atoms with Gasteiger partial charge >= 0.3 is 0 Å². The highest BCUT2D eigenvalue weighted by atomic mass is 14.3. The van der Waals surface area contributed by atoms with Gasteiger partial charge in [0.25, 0.3) is 0 Å². The van der Waals surface area contributed by atoms with Gasteiger partial charge in [-0.25, -0.2) is 0 Å². The maximum atomic E-state index is 3.87. The first-order chi connectivity index (χ1) is 7.15. The molecule has 0 heteroatoms. The monoisotopic (exact) mass is 196 g/mol. The van der Waals surface area contributed by atoms with Crippen molar-refractivity contribution >= 4 is 5.57 Å². The second kappa shape index (κ2) is 3.54. The van der Waals surface area contributed by atoms with Crippen molar-refractivity contribution in [3.8, 4) is 0 Å². The van der Waals surface area contributed by atoms with Crippen LogP contribution in [-0.4, -0.2) is 0 Å². The van der Waals surface area contributed by atoms with Crippen molar-refractivity contribution in [2.24, 2.45) is 0 Å². The fourth-order valence-corrected chi connectivity index (χ4v) is 2.05. The molecule has 0 nitrogen and oxygen atoms in total. The minimum absolute atomic E-state index is 0.0951. The highest BCUT2D eigenvalue weighted by Gasteiger charge is 2.22. The molecule has 0 saturated carbocycles. The fraction of sp³-hybridized carbons (Fsp3) is 0.200. The SMILES string of the molecule is C=CC1=CC=CC(C)(C)c2ccccc21. The summed E-state index contributed by atoms with van der Waals surface area (Å²) in [6.07, 6.45) is 8.41. The molecule has 0 bridgehead atoms. The van der Waals surface area contributed by atoms with Crippen molar-refractivity contribution in [1.82, 2.24) is 0 Å². The lowest BCUT2D eigenvalue weighted by Gasteiger charge is -2.23. The Morgan fingerprint density at radius 1 is 1.20 bits per heavy atom. The van der Waals surface area contributed by atoms with Crippen LogP contribution in [0.3, 0.4) is 0 Å². The zero-order chi connectivity index (χ0) is 10.9. The number of hydrogen-bond acceptors (Lipinski definition) is 0. The summed E-state index contributed by atoms with van der Waals surface area (Å²) in [7, 11) is 0.